The standard InChI is InChI=1S/C21H30N4O/c1-22-21(23-15-14-17-10-6-5-7-11-17)24-16-19(25(2)3)18-12-8-9-13-20(18)26-4/h5-13,19H,14-16H2,1-4H3,(H2,22,23,24). The molecule has 1 atom stereocenters. The number of benzene rings is 2. The average molecular weight is 354 g/mol. The van der Waals surface area contributed by atoms with Crippen LogP contribution in [0.1, 0.15) is 17.2 Å². The van der Waals surface area contributed by atoms with Gasteiger partial charge >= 0.3 is 0 Å². The first-order chi connectivity index (χ1) is 12.7. The highest BCUT2D eigenvalue weighted by Crippen LogP contribution is 2.27. The second kappa shape index (κ2) is 10.5. The third kappa shape index (κ3) is 5.77. The Hall–Kier alpha value is -2.53. The fourth-order valence-corrected chi connectivity index (χ4v) is 2.90. The van der Waals surface area contributed by atoms with E-state index in [0.29, 0.717) is 0 Å². The molecular formula is C21H30N4O. The number of ether oxygens (including phenoxy) is 1. The molecule has 0 aromatic heterocycles. The molecule has 5 nitrogen and oxygen atoms in total. The number of methoxy groups -OCH3 is 1. The van der Waals surface area contributed by atoms with Gasteiger partial charge in [0.05, 0.1) is 13.2 Å². The zero-order chi connectivity index (χ0) is 18.8. The Morgan fingerprint density at radius 3 is 2.38 bits per heavy atom. The van der Waals surface area contributed by atoms with Crippen molar-refractivity contribution < 1.29 is 4.74 Å². The van der Waals surface area contributed by atoms with E-state index in [9.17, 15) is 0 Å². The zero-order valence-corrected chi connectivity index (χ0v) is 16.2. The molecule has 26 heavy (non-hydrogen) atoms. The molecule has 1 unspecified atom stereocenters. The van der Waals surface area contributed by atoms with E-state index in [4.69, 9.17) is 4.74 Å². The van der Waals surface area contributed by atoms with E-state index in [2.05, 4.69) is 65.0 Å². The highest BCUT2D eigenvalue weighted by molar-refractivity contribution is 5.79. The summed E-state index contributed by atoms with van der Waals surface area (Å²) in [6, 6.07) is 18.8. The normalized spacial score (nSPS) is 12.7. The summed E-state index contributed by atoms with van der Waals surface area (Å²) in [6.07, 6.45) is 0.963. The number of nitrogens with zero attached hydrogens (tertiary/aromatic N) is 2. The molecule has 0 saturated carbocycles. The molecule has 2 aromatic carbocycles. The largest absolute Gasteiger partial charge is 0.496 e. The first-order valence-electron chi connectivity index (χ1n) is 8.93. The second-order valence-electron chi connectivity index (χ2n) is 6.34. The van der Waals surface area contributed by atoms with Gasteiger partial charge in [0.1, 0.15) is 5.75 Å². The molecule has 2 N–H and O–H groups in total. The molecule has 0 amide bonds. The molecule has 0 spiro atoms. The van der Waals surface area contributed by atoms with Gasteiger partial charge < -0.3 is 20.3 Å². The van der Waals surface area contributed by atoms with Crippen LogP contribution in [0.25, 0.3) is 0 Å². The molecule has 0 aliphatic carbocycles. The minimum Gasteiger partial charge on any atom is -0.496 e. The number of para-hydroxylation sites is 1. The number of likely N-dealkylation sites (N-methyl/N-ethyl adjacent to an activating group) is 1. The molecule has 2 rings (SSSR count). The van der Waals surface area contributed by atoms with Crippen LogP contribution in [-0.2, 0) is 6.42 Å². The highest BCUT2D eigenvalue weighted by atomic mass is 16.5. The van der Waals surface area contributed by atoms with Gasteiger partial charge in [-0.15, -0.1) is 0 Å². The molecule has 5 heteroatoms. The summed E-state index contributed by atoms with van der Waals surface area (Å²) in [5, 5.41) is 6.81. The minimum absolute atomic E-state index is 0.179. The number of aliphatic imine (C=N–C) groups is 1. The number of rotatable bonds is 8. The lowest BCUT2D eigenvalue weighted by molar-refractivity contribution is 0.288. The predicted octanol–water partition coefficient (Wildman–Crippen LogP) is 2.71. The summed E-state index contributed by atoms with van der Waals surface area (Å²) in [4.78, 5) is 6.51. The summed E-state index contributed by atoms with van der Waals surface area (Å²) >= 11 is 0. The molecule has 2 aromatic rings. The number of hydrogen-bond acceptors (Lipinski definition) is 3. The number of hydrogen-bond donors (Lipinski definition) is 2. The van der Waals surface area contributed by atoms with Gasteiger partial charge in [-0.1, -0.05) is 48.5 Å². The maximum absolute atomic E-state index is 5.52. The van der Waals surface area contributed by atoms with Gasteiger partial charge in [-0.25, -0.2) is 0 Å². The lowest BCUT2D eigenvalue weighted by Crippen LogP contribution is -2.42. The van der Waals surface area contributed by atoms with Gasteiger partial charge in [-0.05, 0) is 32.1 Å². The van der Waals surface area contributed by atoms with Crippen LogP contribution in [0.15, 0.2) is 59.6 Å². The lowest BCUT2D eigenvalue weighted by atomic mass is 10.0. The van der Waals surface area contributed by atoms with Crippen LogP contribution >= 0.6 is 0 Å². The van der Waals surface area contributed by atoms with Crippen molar-refractivity contribution in [3.63, 3.8) is 0 Å². The Bertz CT molecular complexity index is 685. The maximum Gasteiger partial charge on any atom is 0.191 e. The van der Waals surface area contributed by atoms with Crippen LogP contribution in [-0.4, -0.2) is 52.2 Å². The first kappa shape index (κ1) is 19.8. The number of nitrogens with one attached hydrogen (secondary N) is 2. The van der Waals surface area contributed by atoms with Gasteiger partial charge in [0, 0.05) is 25.7 Å². The Kier molecular flexibility index (Phi) is 7.96. The predicted molar refractivity (Wildman–Crippen MR) is 109 cm³/mol. The summed E-state index contributed by atoms with van der Waals surface area (Å²) < 4.78 is 5.52. The molecule has 0 fully saturated rings. The van der Waals surface area contributed by atoms with Crippen molar-refractivity contribution in [1.82, 2.24) is 15.5 Å². The average Bonchev–Trinajstić information content (AvgIpc) is 2.67. The number of guanidine groups is 1. The highest BCUT2D eigenvalue weighted by Gasteiger charge is 2.18. The Labute approximate surface area is 157 Å². The van der Waals surface area contributed by atoms with Gasteiger partial charge in [-0.3, -0.25) is 4.99 Å². The van der Waals surface area contributed by atoms with Crippen LogP contribution in [0.3, 0.4) is 0 Å². The SMILES string of the molecule is CN=C(NCCc1ccccc1)NCC(c1ccccc1OC)N(C)C. The van der Waals surface area contributed by atoms with E-state index in [1.165, 1.54) is 5.56 Å². The third-order valence-corrected chi connectivity index (χ3v) is 4.36. The van der Waals surface area contributed by atoms with Crippen LogP contribution in [0.2, 0.25) is 0 Å². The second-order valence-corrected chi connectivity index (χ2v) is 6.34. The quantitative estimate of drug-likeness (QED) is 0.565. The summed E-state index contributed by atoms with van der Waals surface area (Å²) in [5.74, 6) is 1.71. The van der Waals surface area contributed by atoms with Crippen LogP contribution in [0.5, 0.6) is 5.75 Å². The monoisotopic (exact) mass is 354 g/mol. The smallest absolute Gasteiger partial charge is 0.191 e. The van der Waals surface area contributed by atoms with E-state index in [1.54, 1.807) is 14.2 Å². The van der Waals surface area contributed by atoms with Crippen molar-refractivity contribution >= 4 is 5.96 Å². The van der Waals surface area contributed by atoms with Crippen molar-refractivity contribution in [1.29, 1.82) is 0 Å². The van der Waals surface area contributed by atoms with E-state index < -0.39 is 0 Å². The molecule has 0 aliphatic heterocycles. The summed E-state index contributed by atoms with van der Waals surface area (Å²) in [6.45, 7) is 1.57. The van der Waals surface area contributed by atoms with Gasteiger partial charge in [0.2, 0.25) is 0 Å². The van der Waals surface area contributed by atoms with Gasteiger partial charge in [0.15, 0.2) is 5.96 Å². The third-order valence-electron chi connectivity index (χ3n) is 4.36. The fraction of sp³-hybridized carbons (Fsp3) is 0.381. The van der Waals surface area contributed by atoms with Crippen molar-refractivity contribution in [2.45, 2.75) is 12.5 Å². The fourth-order valence-electron chi connectivity index (χ4n) is 2.90. The molecular weight excluding hydrogens is 324 g/mol. The Balaban J connectivity index is 1.92. The topological polar surface area (TPSA) is 48.9 Å². The van der Waals surface area contributed by atoms with E-state index in [-0.39, 0.29) is 6.04 Å². The molecule has 0 aliphatic rings. The van der Waals surface area contributed by atoms with E-state index >= 15 is 0 Å². The molecule has 0 saturated heterocycles. The van der Waals surface area contributed by atoms with Crippen molar-refractivity contribution in [2.24, 2.45) is 4.99 Å². The summed E-state index contributed by atoms with van der Waals surface area (Å²) in [5.41, 5.74) is 2.47. The van der Waals surface area contributed by atoms with Crippen LogP contribution in [0.4, 0.5) is 0 Å². The van der Waals surface area contributed by atoms with E-state index in [0.717, 1.165) is 36.8 Å². The van der Waals surface area contributed by atoms with Crippen molar-refractivity contribution in [3.8, 4) is 5.75 Å². The first-order valence-corrected chi connectivity index (χ1v) is 8.93. The summed E-state index contributed by atoms with van der Waals surface area (Å²) in [7, 11) is 7.66. The van der Waals surface area contributed by atoms with Gasteiger partial charge in [0.25, 0.3) is 0 Å². The van der Waals surface area contributed by atoms with E-state index in [1.807, 2.05) is 24.3 Å². The van der Waals surface area contributed by atoms with Crippen LogP contribution < -0.4 is 15.4 Å². The Morgan fingerprint density at radius 2 is 1.73 bits per heavy atom. The van der Waals surface area contributed by atoms with Crippen molar-refractivity contribution in [3.05, 3.63) is 65.7 Å². The molecule has 140 valence electrons. The van der Waals surface area contributed by atoms with Crippen LogP contribution in [0, 0.1) is 0 Å². The zero-order valence-electron chi connectivity index (χ0n) is 16.2. The lowest BCUT2D eigenvalue weighted by Gasteiger charge is -2.27. The molecule has 0 heterocycles. The van der Waals surface area contributed by atoms with Gasteiger partial charge in [-0.2, -0.15) is 0 Å². The minimum atomic E-state index is 0.179. The molecule has 0 radical (unpaired) electrons. The molecule has 0 bridgehead atoms. The Morgan fingerprint density at radius 1 is 1.04 bits per heavy atom. The maximum atomic E-state index is 5.52. The van der Waals surface area contributed by atoms with Crippen molar-refractivity contribution in [2.75, 3.05) is 41.3 Å².